The Labute approximate surface area is 92.7 Å². The van der Waals surface area contributed by atoms with Gasteiger partial charge in [-0.2, -0.15) is 0 Å². The van der Waals surface area contributed by atoms with Crippen LogP contribution in [-0.2, 0) is 0 Å². The Morgan fingerprint density at radius 3 is 2.71 bits per heavy atom. The van der Waals surface area contributed by atoms with Crippen molar-refractivity contribution in [2.75, 3.05) is 0 Å². The van der Waals surface area contributed by atoms with Crippen molar-refractivity contribution in [1.29, 1.82) is 0 Å². The van der Waals surface area contributed by atoms with Crippen molar-refractivity contribution in [3.8, 4) is 11.8 Å². The molecule has 0 atom stereocenters. The molecule has 0 N–H and O–H groups in total. The Morgan fingerprint density at radius 2 is 2.14 bits per heavy atom. The fraction of sp³-hybridized carbons (Fsp3) is 0.333. The predicted octanol–water partition coefficient (Wildman–Crippen LogP) is 4.05. The first-order chi connectivity index (χ1) is 6.65. The van der Waals surface area contributed by atoms with E-state index >= 15 is 0 Å². The van der Waals surface area contributed by atoms with E-state index in [2.05, 4.69) is 34.7 Å². The van der Waals surface area contributed by atoms with Crippen molar-refractivity contribution >= 4 is 15.9 Å². The Kier molecular flexibility index (Phi) is 4.16. The lowest BCUT2D eigenvalue weighted by Crippen LogP contribution is -1.88. The molecule has 0 aliphatic heterocycles. The second kappa shape index (κ2) is 5.17. The summed E-state index contributed by atoms with van der Waals surface area (Å²) in [5.74, 6) is 5.56. The van der Waals surface area contributed by atoms with Gasteiger partial charge in [-0.05, 0) is 31.0 Å². The summed E-state index contributed by atoms with van der Waals surface area (Å²) in [4.78, 5) is 0. The van der Waals surface area contributed by atoms with Crippen LogP contribution in [0.25, 0.3) is 0 Å². The van der Waals surface area contributed by atoms with Crippen LogP contribution in [0.3, 0.4) is 0 Å². The normalized spacial score (nSPS) is 9.43. The van der Waals surface area contributed by atoms with Gasteiger partial charge in [0.05, 0.1) is 5.56 Å². The Hall–Kier alpha value is -0.810. The first kappa shape index (κ1) is 11.3. The summed E-state index contributed by atoms with van der Waals surface area (Å²) < 4.78 is 14.2. The zero-order valence-corrected chi connectivity index (χ0v) is 9.91. The highest BCUT2D eigenvalue weighted by Crippen LogP contribution is 2.18. The second-order valence-electron chi connectivity index (χ2n) is 3.13. The molecule has 14 heavy (non-hydrogen) atoms. The molecule has 0 aliphatic carbocycles. The van der Waals surface area contributed by atoms with E-state index in [4.69, 9.17) is 0 Å². The molecule has 0 aliphatic rings. The third kappa shape index (κ3) is 2.85. The van der Waals surface area contributed by atoms with Gasteiger partial charge in [-0.3, -0.25) is 0 Å². The minimum absolute atomic E-state index is 0.250. The van der Waals surface area contributed by atoms with Crippen LogP contribution in [0.1, 0.15) is 30.9 Å². The molecule has 0 bridgehead atoms. The zero-order valence-electron chi connectivity index (χ0n) is 8.32. The van der Waals surface area contributed by atoms with Crippen LogP contribution in [0.2, 0.25) is 0 Å². The van der Waals surface area contributed by atoms with Gasteiger partial charge >= 0.3 is 0 Å². The molecule has 1 rings (SSSR count). The summed E-state index contributed by atoms with van der Waals surface area (Å²) in [7, 11) is 0. The van der Waals surface area contributed by atoms with Gasteiger partial charge < -0.3 is 0 Å². The van der Waals surface area contributed by atoms with E-state index in [1.807, 2.05) is 13.0 Å². The first-order valence-electron chi connectivity index (χ1n) is 4.59. The lowest BCUT2D eigenvalue weighted by atomic mass is 10.1. The van der Waals surface area contributed by atoms with Gasteiger partial charge in [0.15, 0.2) is 0 Å². The van der Waals surface area contributed by atoms with Crippen LogP contribution in [0.4, 0.5) is 4.39 Å². The molecular formula is C12H12BrF. The summed E-state index contributed by atoms with van der Waals surface area (Å²) in [6.07, 6.45) is 1.82. The van der Waals surface area contributed by atoms with E-state index in [1.165, 1.54) is 6.07 Å². The van der Waals surface area contributed by atoms with E-state index in [0.29, 0.717) is 5.56 Å². The van der Waals surface area contributed by atoms with Crippen LogP contribution in [-0.4, -0.2) is 0 Å². The van der Waals surface area contributed by atoms with E-state index in [-0.39, 0.29) is 5.82 Å². The third-order valence-corrected chi connectivity index (χ3v) is 2.30. The zero-order chi connectivity index (χ0) is 10.6. The van der Waals surface area contributed by atoms with Gasteiger partial charge in [0.1, 0.15) is 5.82 Å². The molecule has 2 heteroatoms. The van der Waals surface area contributed by atoms with Crippen LogP contribution in [0.15, 0.2) is 16.6 Å². The Balaban J connectivity index is 3.04. The number of rotatable bonds is 1. The molecule has 0 radical (unpaired) electrons. The van der Waals surface area contributed by atoms with Gasteiger partial charge in [0.2, 0.25) is 0 Å². The van der Waals surface area contributed by atoms with E-state index in [0.717, 1.165) is 22.9 Å². The van der Waals surface area contributed by atoms with Gasteiger partial charge in [-0.15, -0.1) is 0 Å². The average Bonchev–Trinajstić information content (AvgIpc) is 2.09. The van der Waals surface area contributed by atoms with Gasteiger partial charge in [0.25, 0.3) is 0 Å². The molecule has 0 nitrogen and oxygen atoms in total. The Morgan fingerprint density at radius 1 is 1.43 bits per heavy atom. The molecule has 1 aromatic carbocycles. The number of halogens is 2. The van der Waals surface area contributed by atoms with Crippen LogP contribution in [0, 0.1) is 24.6 Å². The summed E-state index contributed by atoms with van der Waals surface area (Å²) in [6, 6.07) is 3.32. The SMILES string of the molecule is CCCC#Cc1c(C)cc(Br)cc1F. The molecule has 0 heterocycles. The molecule has 0 amide bonds. The molecular weight excluding hydrogens is 243 g/mol. The van der Waals surface area contributed by atoms with Gasteiger partial charge in [0, 0.05) is 10.9 Å². The van der Waals surface area contributed by atoms with Gasteiger partial charge in [-0.1, -0.05) is 34.7 Å². The Bertz CT molecular complexity index is 362. The van der Waals surface area contributed by atoms with Crippen molar-refractivity contribution < 1.29 is 4.39 Å². The van der Waals surface area contributed by atoms with E-state index < -0.39 is 0 Å². The molecule has 0 saturated heterocycles. The second-order valence-corrected chi connectivity index (χ2v) is 4.05. The molecule has 0 aromatic heterocycles. The minimum atomic E-state index is -0.250. The number of hydrogen-bond donors (Lipinski definition) is 0. The monoisotopic (exact) mass is 254 g/mol. The van der Waals surface area contributed by atoms with Crippen molar-refractivity contribution in [2.45, 2.75) is 26.7 Å². The number of benzene rings is 1. The summed E-state index contributed by atoms with van der Waals surface area (Å²) in [5.41, 5.74) is 1.39. The smallest absolute Gasteiger partial charge is 0.140 e. The van der Waals surface area contributed by atoms with E-state index in [1.54, 1.807) is 0 Å². The fourth-order valence-corrected chi connectivity index (χ4v) is 1.68. The molecule has 74 valence electrons. The van der Waals surface area contributed by atoms with Crippen molar-refractivity contribution in [1.82, 2.24) is 0 Å². The van der Waals surface area contributed by atoms with Crippen molar-refractivity contribution in [3.05, 3.63) is 33.5 Å². The summed E-state index contributed by atoms with van der Waals surface area (Å²) in [5, 5.41) is 0. The van der Waals surface area contributed by atoms with E-state index in [9.17, 15) is 4.39 Å². The number of hydrogen-bond acceptors (Lipinski definition) is 0. The molecule has 0 fully saturated rings. The highest BCUT2D eigenvalue weighted by molar-refractivity contribution is 9.10. The van der Waals surface area contributed by atoms with Crippen LogP contribution in [0.5, 0.6) is 0 Å². The standard InChI is InChI=1S/C12H12BrF/c1-3-4-5-6-11-9(2)7-10(13)8-12(11)14/h7-8H,3-4H2,1-2H3. The minimum Gasteiger partial charge on any atom is -0.206 e. The highest BCUT2D eigenvalue weighted by atomic mass is 79.9. The number of unbranched alkanes of at least 4 members (excludes halogenated alkanes) is 1. The lowest BCUT2D eigenvalue weighted by Gasteiger charge is -2.00. The maximum atomic E-state index is 13.4. The maximum Gasteiger partial charge on any atom is 0.140 e. The van der Waals surface area contributed by atoms with Gasteiger partial charge in [-0.25, -0.2) is 4.39 Å². The number of aryl methyl sites for hydroxylation is 1. The summed E-state index contributed by atoms with van der Waals surface area (Å²) in [6.45, 7) is 3.92. The van der Waals surface area contributed by atoms with Crippen LogP contribution < -0.4 is 0 Å². The maximum absolute atomic E-state index is 13.4. The lowest BCUT2D eigenvalue weighted by molar-refractivity contribution is 0.622. The molecule has 0 spiro atoms. The van der Waals surface area contributed by atoms with Crippen molar-refractivity contribution in [2.24, 2.45) is 0 Å². The fourth-order valence-electron chi connectivity index (χ4n) is 1.14. The van der Waals surface area contributed by atoms with Crippen LogP contribution >= 0.6 is 15.9 Å². The highest BCUT2D eigenvalue weighted by Gasteiger charge is 2.03. The largest absolute Gasteiger partial charge is 0.206 e. The van der Waals surface area contributed by atoms with Crippen molar-refractivity contribution in [3.63, 3.8) is 0 Å². The predicted molar refractivity (Wildman–Crippen MR) is 60.6 cm³/mol. The average molecular weight is 255 g/mol. The molecule has 1 aromatic rings. The molecule has 0 unspecified atom stereocenters. The molecule has 0 saturated carbocycles. The quantitative estimate of drug-likeness (QED) is 0.664. The topological polar surface area (TPSA) is 0 Å². The third-order valence-electron chi connectivity index (χ3n) is 1.84. The summed E-state index contributed by atoms with van der Waals surface area (Å²) >= 11 is 3.24. The first-order valence-corrected chi connectivity index (χ1v) is 5.39.